The minimum Gasteiger partial charge on any atom is -0.300 e. The Labute approximate surface area is 86.3 Å². The fourth-order valence-corrected chi connectivity index (χ4v) is 3.23. The van der Waals surface area contributed by atoms with E-state index in [1.165, 1.54) is 25.7 Å². The Kier molecular flexibility index (Phi) is 2.91. The highest BCUT2D eigenvalue weighted by Crippen LogP contribution is 2.49. The molecule has 0 radical (unpaired) electrons. The molecule has 2 saturated carbocycles. The standard InChI is InChI=1S/C13H18O/c1-2-3-4-13(14)9-12-8-10-5-6-11(12)7-10/h1,10-12H,3-9H2. The summed E-state index contributed by atoms with van der Waals surface area (Å²) in [6, 6.07) is 0. The second-order valence-corrected chi connectivity index (χ2v) is 4.88. The number of ketones is 1. The first-order valence-electron chi connectivity index (χ1n) is 5.74. The molecule has 0 heterocycles. The van der Waals surface area contributed by atoms with E-state index in [4.69, 9.17) is 6.42 Å². The first-order valence-corrected chi connectivity index (χ1v) is 5.74. The van der Waals surface area contributed by atoms with E-state index >= 15 is 0 Å². The monoisotopic (exact) mass is 190 g/mol. The molecule has 0 spiro atoms. The van der Waals surface area contributed by atoms with Crippen molar-refractivity contribution in [2.45, 2.75) is 44.9 Å². The number of carbonyl (C=O) groups excluding carboxylic acids is 1. The summed E-state index contributed by atoms with van der Waals surface area (Å²) < 4.78 is 0. The second kappa shape index (κ2) is 4.17. The van der Waals surface area contributed by atoms with Crippen LogP contribution in [0.5, 0.6) is 0 Å². The predicted octanol–water partition coefficient (Wildman–Crippen LogP) is 2.80. The van der Waals surface area contributed by atoms with Crippen LogP contribution >= 0.6 is 0 Å². The zero-order valence-electron chi connectivity index (χ0n) is 8.67. The van der Waals surface area contributed by atoms with Gasteiger partial charge in [-0.25, -0.2) is 0 Å². The maximum absolute atomic E-state index is 11.5. The van der Waals surface area contributed by atoms with Crippen LogP contribution in [-0.2, 0) is 4.79 Å². The van der Waals surface area contributed by atoms with E-state index in [0.717, 1.165) is 18.3 Å². The minimum absolute atomic E-state index is 0.389. The quantitative estimate of drug-likeness (QED) is 0.623. The Bertz CT molecular complexity index is 261. The molecule has 3 atom stereocenters. The normalized spacial score (nSPS) is 34.4. The number of terminal acetylenes is 1. The summed E-state index contributed by atoms with van der Waals surface area (Å²) in [4.78, 5) is 11.5. The smallest absolute Gasteiger partial charge is 0.134 e. The van der Waals surface area contributed by atoms with Gasteiger partial charge in [0.25, 0.3) is 0 Å². The summed E-state index contributed by atoms with van der Waals surface area (Å²) in [6.07, 6.45) is 12.7. The molecule has 0 saturated heterocycles. The molecule has 0 aromatic rings. The van der Waals surface area contributed by atoms with E-state index < -0.39 is 0 Å². The van der Waals surface area contributed by atoms with Crippen molar-refractivity contribution in [1.82, 2.24) is 0 Å². The lowest BCUT2D eigenvalue weighted by Gasteiger charge is -2.20. The number of rotatable bonds is 4. The third kappa shape index (κ3) is 2.00. The van der Waals surface area contributed by atoms with E-state index in [1.807, 2.05) is 0 Å². The van der Waals surface area contributed by atoms with Gasteiger partial charge >= 0.3 is 0 Å². The minimum atomic E-state index is 0.389. The highest BCUT2D eigenvalue weighted by Gasteiger charge is 2.39. The number of hydrogen-bond donors (Lipinski definition) is 0. The predicted molar refractivity (Wildman–Crippen MR) is 56.6 cm³/mol. The molecule has 0 aromatic heterocycles. The molecular formula is C13H18O. The molecule has 0 aliphatic heterocycles. The highest BCUT2D eigenvalue weighted by molar-refractivity contribution is 5.78. The van der Waals surface area contributed by atoms with Gasteiger partial charge in [-0.1, -0.05) is 6.42 Å². The fourth-order valence-electron chi connectivity index (χ4n) is 3.23. The first-order chi connectivity index (χ1) is 6.79. The summed E-state index contributed by atoms with van der Waals surface area (Å²) in [5.41, 5.74) is 0. The Hall–Kier alpha value is -0.770. The molecule has 0 N–H and O–H groups in total. The molecule has 3 unspecified atom stereocenters. The molecule has 2 rings (SSSR count). The molecule has 2 fully saturated rings. The van der Waals surface area contributed by atoms with Gasteiger partial charge in [-0.05, 0) is 37.0 Å². The summed E-state index contributed by atoms with van der Waals surface area (Å²) in [6.45, 7) is 0. The third-order valence-electron chi connectivity index (χ3n) is 3.92. The molecule has 14 heavy (non-hydrogen) atoms. The fraction of sp³-hybridized carbons (Fsp3) is 0.769. The van der Waals surface area contributed by atoms with Crippen LogP contribution in [0.1, 0.15) is 44.9 Å². The molecule has 0 aromatic carbocycles. The Morgan fingerprint density at radius 1 is 1.36 bits per heavy atom. The van der Waals surface area contributed by atoms with Crippen molar-refractivity contribution in [3.63, 3.8) is 0 Å². The lowest BCUT2D eigenvalue weighted by molar-refractivity contribution is -0.120. The summed E-state index contributed by atoms with van der Waals surface area (Å²) >= 11 is 0. The van der Waals surface area contributed by atoms with Gasteiger partial charge in [-0.2, -0.15) is 0 Å². The van der Waals surface area contributed by atoms with E-state index in [-0.39, 0.29) is 0 Å². The van der Waals surface area contributed by atoms with E-state index in [2.05, 4.69) is 5.92 Å². The van der Waals surface area contributed by atoms with Crippen LogP contribution in [0.25, 0.3) is 0 Å². The Morgan fingerprint density at radius 3 is 2.79 bits per heavy atom. The van der Waals surface area contributed by atoms with Crippen LogP contribution in [0.3, 0.4) is 0 Å². The van der Waals surface area contributed by atoms with Gasteiger partial charge in [-0.15, -0.1) is 12.3 Å². The molecule has 1 nitrogen and oxygen atoms in total. The van der Waals surface area contributed by atoms with Crippen LogP contribution < -0.4 is 0 Å². The van der Waals surface area contributed by atoms with Gasteiger partial charge in [0.15, 0.2) is 0 Å². The lowest BCUT2D eigenvalue weighted by Crippen LogP contribution is -2.14. The van der Waals surface area contributed by atoms with Crippen molar-refractivity contribution in [3.05, 3.63) is 0 Å². The topological polar surface area (TPSA) is 17.1 Å². The number of fused-ring (bicyclic) bond motifs is 2. The van der Waals surface area contributed by atoms with Gasteiger partial charge in [0.1, 0.15) is 5.78 Å². The summed E-state index contributed by atoms with van der Waals surface area (Å²) in [7, 11) is 0. The maximum Gasteiger partial charge on any atom is 0.134 e. The van der Waals surface area contributed by atoms with Gasteiger partial charge in [0.2, 0.25) is 0 Å². The number of Topliss-reactive ketones (excluding diaryl/α,β-unsaturated/α-hetero) is 1. The molecule has 76 valence electrons. The zero-order valence-corrected chi connectivity index (χ0v) is 8.67. The molecule has 1 heteroatoms. The average Bonchev–Trinajstić information content (AvgIpc) is 2.76. The molecule has 0 amide bonds. The number of carbonyl (C=O) groups is 1. The van der Waals surface area contributed by atoms with E-state index in [0.29, 0.717) is 24.5 Å². The van der Waals surface area contributed by atoms with Crippen molar-refractivity contribution in [2.24, 2.45) is 17.8 Å². The van der Waals surface area contributed by atoms with Crippen molar-refractivity contribution < 1.29 is 4.79 Å². The average molecular weight is 190 g/mol. The van der Waals surface area contributed by atoms with Gasteiger partial charge in [0.05, 0.1) is 0 Å². The largest absolute Gasteiger partial charge is 0.300 e. The number of hydrogen-bond acceptors (Lipinski definition) is 1. The maximum atomic E-state index is 11.5. The van der Waals surface area contributed by atoms with Crippen LogP contribution in [0.15, 0.2) is 0 Å². The van der Waals surface area contributed by atoms with Crippen LogP contribution in [0.4, 0.5) is 0 Å². The summed E-state index contributed by atoms with van der Waals surface area (Å²) in [5.74, 6) is 5.45. The van der Waals surface area contributed by atoms with Gasteiger partial charge < -0.3 is 0 Å². The summed E-state index contributed by atoms with van der Waals surface area (Å²) in [5, 5.41) is 0. The van der Waals surface area contributed by atoms with Crippen LogP contribution in [0.2, 0.25) is 0 Å². The van der Waals surface area contributed by atoms with Crippen molar-refractivity contribution in [2.75, 3.05) is 0 Å². The van der Waals surface area contributed by atoms with Gasteiger partial charge in [-0.3, -0.25) is 4.79 Å². The second-order valence-electron chi connectivity index (χ2n) is 4.88. The molecule has 2 aliphatic carbocycles. The zero-order chi connectivity index (χ0) is 9.97. The molecule has 2 bridgehead atoms. The van der Waals surface area contributed by atoms with Crippen molar-refractivity contribution >= 4 is 5.78 Å². The van der Waals surface area contributed by atoms with Gasteiger partial charge in [0, 0.05) is 19.3 Å². The molecule has 2 aliphatic rings. The first kappa shape index (κ1) is 9.77. The van der Waals surface area contributed by atoms with E-state index in [9.17, 15) is 4.79 Å². The molecular weight excluding hydrogens is 172 g/mol. The lowest BCUT2D eigenvalue weighted by atomic mass is 9.85. The van der Waals surface area contributed by atoms with E-state index in [1.54, 1.807) is 0 Å². The van der Waals surface area contributed by atoms with Crippen molar-refractivity contribution in [1.29, 1.82) is 0 Å². The Morgan fingerprint density at radius 2 is 2.21 bits per heavy atom. The third-order valence-corrected chi connectivity index (χ3v) is 3.92. The Balaban J connectivity index is 1.76. The SMILES string of the molecule is C#CCCC(=O)CC1CC2CCC1C2. The van der Waals surface area contributed by atoms with Crippen LogP contribution in [-0.4, -0.2) is 5.78 Å². The van der Waals surface area contributed by atoms with Crippen molar-refractivity contribution in [3.8, 4) is 12.3 Å². The highest BCUT2D eigenvalue weighted by atomic mass is 16.1. The van der Waals surface area contributed by atoms with Crippen LogP contribution in [0, 0.1) is 30.1 Å².